The van der Waals surface area contributed by atoms with E-state index in [2.05, 4.69) is 74.4 Å². The van der Waals surface area contributed by atoms with Gasteiger partial charge in [-0.15, -0.1) is 0 Å². The molecule has 0 spiro atoms. The van der Waals surface area contributed by atoms with Crippen molar-refractivity contribution in [1.29, 1.82) is 0 Å². The molecule has 2 heteroatoms. The SMILES string of the molecule is CCCc1ccccc1Pc1ccccc1N(C)C. The molecule has 0 aliphatic heterocycles. The van der Waals surface area contributed by atoms with Gasteiger partial charge in [0.2, 0.25) is 0 Å². The van der Waals surface area contributed by atoms with Crippen LogP contribution in [0.2, 0.25) is 0 Å². The third-order valence-electron chi connectivity index (χ3n) is 3.19. The molecular weight excluding hydrogens is 249 g/mol. The molecule has 1 unspecified atom stereocenters. The Bertz CT molecular complexity index is 534. The van der Waals surface area contributed by atoms with Gasteiger partial charge in [-0.2, -0.15) is 0 Å². The maximum absolute atomic E-state index is 2.27. The Hall–Kier alpha value is -1.33. The number of rotatable bonds is 5. The average molecular weight is 271 g/mol. The van der Waals surface area contributed by atoms with E-state index in [1.165, 1.54) is 34.7 Å². The van der Waals surface area contributed by atoms with Gasteiger partial charge in [0, 0.05) is 25.1 Å². The summed E-state index contributed by atoms with van der Waals surface area (Å²) in [4.78, 5) is 2.20. The minimum absolute atomic E-state index is 0.735. The molecule has 0 saturated carbocycles. The van der Waals surface area contributed by atoms with Crippen molar-refractivity contribution in [3.63, 3.8) is 0 Å². The van der Waals surface area contributed by atoms with Crippen molar-refractivity contribution in [1.82, 2.24) is 0 Å². The Morgan fingerprint density at radius 1 is 0.895 bits per heavy atom. The fourth-order valence-corrected chi connectivity index (χ4v) is 3.70. The van der Waals surface area contributed by atoms with E-state index in [0.717, 1.165) is 8.58 Å². The lowest BCUT2D eigenvalue weighted by Gasteiger charge is -2.18. The zero-order chi connectivity index (χ0) is 13.7. The molecule has 2 aromatic rings. The van der Waals surface area contributed by atoms with Gasteiger partial charge in [-0.05, 0) is 23.4 Å². The summed E-state index contributed by atoms with van der Waals surface area (Å²) in [5, 5.41) is 2.91. The Kier molecular flexibility index (Phi) is 4.99. The van der Waals surface area contributed by atoms with Crippen LogP contribution in [0, 0.1) is 0 Å². The second kappa shape index (κ2) is 6.73. The first-order valence-corrected chi connectivity index (χ1v) is 7.83. The summed E-state index contributed by atoms with van der Waals surface area (Å²) in [5.41, 5.74) is 2.82. The fraction of sp³-hybridized carbons (Fsp3) is 0.294. The molecule has 0 amide bonds. The molecule has 2 rings (SSSR count). The quantitative estimate of drug-likeness (QED) is 0.754. The van der Waals surface area contributed by atoms with E-state index in [-0.39, 0.29) is 0 Å². The maximum Gasteiger partial charge on any atom is 0.0439 e. The summed E-state index contributed by atoms with van der Waals surface area (Å²) in [7, 11) is 4.96. The molecule has 0 fully saturated rings. The van der Waals surface area contributed by atoms with Gasteiger partial charge in [0.15, 0.2) is 0 Å². The van der Waals surface area contributed by atoms with Crippen LogP contribution in [0.3, 0.4) is 0 Å². The lowest BCUT2D eigenvalue weighted by atomic mass is 10.1. The van der Waals surface area contributed by atoms with Gasteiger partial charge in [0.05, 0.1) is 0 Å². The Labute approximate surface area is 118 Å². The Morgan fingerprint density at radius 2 is 1.53 bits per heavy atom. The van der Waals surface area contributed by atoms with Crippen LogP contribution in [0.15, 0.2) is 48.5 Å². The number of para-hydroxylation sites is 1. The number of hydrogen-bond donors (Lipinski definition) is 0. The zero-order valence-electron chi connectivity index (χ0n) is 12.0. The van der Waals surface area contributed by atoms with Crippen LogP contribution < -0.4 is 15.5 Å². The van der Waals surface area contributed by atoms with Crippen LogP contribution >= 0.6 is 8.58 Å². The van der Waals surface area contributed by atoms with Crippen molar-refractivity contribution in [3.8, 4) is 0 Å². The first-order valence-electron chi connectivity index (χ1n) is 6.83. The van der Waals surface area contributed by atoms with E-state index in [9.17, 15) is 0 Å². The number of aryl methyl sites for hydroxylation is 1. The fourth-order valence-electron chi connectivity index (χ4n) is 2.24. The Balaban J connectivity index is 2.31. The summed E-state index contributed by atoms with van der Waals surface area (Å²) in [6.45, 7) is 2.24. The summed E-state index contributed by atoms with van der Waals surface area (Å²) >= 11 is 0. The van der Waals surface area contributed by atoms with Crippen LogP contribution in [-0.4, -0.2) is 14.1 Å². The zero-order valence-corrected chi connectivity index (χ0v) is 13.0. The van der Waals surface area contributed by atoms with Crippen molar-refractivity contribution < 1.29 is 0 Å². The van der Waals surface area contributed by atoms with Gasteiger partial charge in [-0.1, -0.05) is 64.4 Å². The highest BCUT2D eigenvalue weighted by Crippen LogP contribution is 2.21. The smallest absolute Gasteiger partial charge is 0.0439 e. The Morgan fingerprint density at radius 3 is 2.21 bits per heavy atom. The summed E-state index contributed by atoms with van der Waals surface area (Å²) in [6, 6.07) is 17.5. The molecule has 0 aliphatic carbocycles. The van der Waals surface area contributed by atoms with E-state index in [1.807, 2.05) is 0 Å². The second-order valence-electron chi connectivity index (χ2n) is 4.94. The van der Waals surface area contributed by atoms with Crippen LogP contribution in [0.1, 0.15) is 18.9 Å². The van der Waals surface area contributed by atoms with Crippen molar-refractivity contribution in [2.75, 3.05) is 19.0 Å². The standard InChI is InChI=1S/C17H22NP/c1-4-9-14-10-5-7-12-16(14)19-17-13-8-6-11-15(17)18(2)3/h5-8,10-13,19H,4,9H2,1-3H3. The van der Waals surface area contributed by atoms with E-state index in [4.69, 9.17) is 0 Å². The van der Waals surface area contributed by atoms with Crippen molar-refractivity contribution in [2.24, 2.45) is 0 Å². The van der Waals surface area contributed by atoms with E-state index < -0.39 is 0 Å². The van der Waals surface area contributed by atoms with Crippen LogP contribution in [0.25, 0.3) is 0 Å². The second-order valence-corrected chi connectivity index (χ2v) is 6.27. The minimum atomic E-state index is 0.735. The predicted molar refractivity (Wildman–Crippen MR) is 88.8 cm³/mol. The lowest BCUT2D eigenvalue weighted by molar-refractivity contribution is 0.927. The van der Waals surface area contributed by atoms with Gasteiger partial charge in [-0.3, -0.25) is 0 Å². The van der Waals surface area contributed by atoms with E-state index in [0.29, 0.717) is 0 Å². The molecule has 19 heavy (non-hydrogen) atoms. The van der Waals surface area contributed by atoms with Crippen LogP contribution in [-0.2, 0) is 6.42 Å². The topological polar surface area (TPSA) is 3.24 Å². The molecule has 1 nitrogen and oxygen atoms in total. The molecule has 1 atom stereocenters. The molecule has 0 aromatic heterocycles. The number of benzene rings is 2. The molecule has 0 heterocycles. The highest BCUT2D eigenvalue weighted by molar-refractivity contribution is 7.56. The summed E-state index contributed by atoms with van der Waals surface area (Å²) in [6.07, 6.45) is 2.38. The van der Waals surface area contributed by atoms with Crippen LogP contribution in [0.5, 0.6) is 0 Å². The molecule has 100 valence electrons. The van der Waals surface area contributed by atoms with Crippen molar-refractivity contribution in [2.45, 2.75) is 19.8 Å². The van der Waals surface area contributed by atoms with E-state index >= 15 is 0 Å². The van der Waals surface area contributed by atoms with Crippen LogP contribution in [0.4, 0.5) is 5.69 Å². The average Bonchev–Trinajstić information content (AvgIpc) is 2.42. The van der Waals surface area contributed by atoms with Gasteiger partial charge in [0.1, 0.15) is 0 Å². The van der Waals surface area contributed by atoms with Gasteiger partial charge < -0.3 is 4.90 Å². The minimum Gasteiger partial charge on any atom is -0.377 e. The molecular formula is C17H22NP. The number of hydrogen-bond acceptors (Lipinski definition) is 1. The monoisotopic (exact) mass is 271 g/mol. The van der Waals surface area contributed by atoms with Crippen molar-refractivity contribution >= 4 is 24.9 Å². The molecule has 0 aliphatic rings. The third-order valence-corrected chi connectivity index (χ3v) is 4.64. The molecule has 0 radical (unpaired) electrons. The van der Waals surface area contributed by atoms with Gasteiger partial charge in [-0.25, -0.2) is 0 Å². The normalized spacial score (nSPS) is 11.1. The largest absolute Gasteiger partial charge is 0.377 e. The number of anilines is 1. The van der Waals surface area contributed by atoms with Gasteiger partial charge >= 0.3 is 0 Å². The summed E-state index contributed by atoms with van der Waals surface area (Å²) in [5.74, 6) is 0. The maximum atomic E-state index is 2.27. The first kappa shape index (κ1) is 14.1. The third kappa shape index (κ3) is 3.58. The highest BCUT2D eigenvalue weighted by atomic mass is 31.1. The van der Waals surface area contributed by atoms with Gasteiger partial charge in [0.25, 0.3) is 0 Å². The highest BCUT2D eigenvalue weighted by Gasteiger charge is 2.07. The molecule has 2 aromatic carbocycles. The molecule has 0 saturated heterocycles. The number of nitrogens with zero attached hydrogens (tertiary/aromatic N) is 1. The molecule has 0 N–H and O–H groups in total. The predicted octanol–water partition coefficient (Wildman–Crippen LogP) is 3.33. The lowest BCUT2D eigenvalue weighted by Crippen LogP contribution is -2.18. The van der Waals surface area contributed by atoms with Crippen molar-refractivity contribution in [3.05, 3.63) is 54.1 Å². The molecule has 0 bridgehead atoms. The summed E-state index contributed by atoms with van der Waals surface area (Å²) < 4.78 is 0. The van der Waals surface area contributed by atoms with E-state index in [1.54, 1.807) is 0 Å². The first-order chi connectivity index (χ1) is 9.22.